The Balaban J connectivity index is 2.17. The fraction of sp³-hybridized carbons (Fsp3) is 0.133. The van der Waals surface area contributed by atoms with Crippen LogP contribution < -0.4 is 15.8 Å². The fourth-order valence-electron chi connectivity index (χ4n) is 3.31. The van der Waals surface area contributed by atoms with Gasteiger partial charge in [0.25, 0.3) is 0 Å². The number of aromatic amines is 1. The van der Waals surface area contributed by atoms with Gasteiger partial charge in [-0.2, -0.15) is 5.26 Å². The standard InChI is InChI=1S/C15H10BrN5O2/c1-6-11-13(21-20-6)23-12(18)9(5-17)15(11)8-3-2-7(16)4-10(8)19-14(15)22/h2-4H,18H2,1H3,(H,19,22)(H,20,21)/t15-/m1/s1. The van der Waals surface area contributed by atoms with Gasteiger partial charge in [-0.25, -0.2) is 0 Å². The van der Waals surface area contributed by atoms with Crippen molar-refractivity contribution in [3.63, 3.8) is 0 Å². The third kappa shape index (κ3) is 1.52. The maximum atomic E-state index is 13.0. The zero-order chi connectivity index (χ0) is 16.4. The first-order chi connectivity index (χ1) is 11.0. The summed E-state index contributed by atoms with van der Waals surface area (Å²) < 4.78 is 6.25. The van der Waals surface area contributed by atoms with Crippen LogP contribution in [0.3, 0.4) is 0 Å². The quantitative estimate of drug-likeness (QED) is 0.652. The summed E-state index contributed by atoms with van der Waals surface area (Å²) in [6.07, 6.45) is 0. The Morgan fingerprint density at radius 1 is 1.48 bits per heavy atom. The molecule has 0 radical (unpaired) electrons. The lowest BCUT2D eigenvalue weighted by Gasteiger charge is -2.31. The van der Waals surface area contributed by atoms with Crippen molar-refractivity contribution in [2.24, 2.45) is 5.73 Å². The Labute approximate surface area is 139 Å². The second kappa shape index (κ2) is 4.36. The highest BCUT2D eigenvalue weighted by Crippen LogP contribution is 2.53. The minimum Gasteiger partial charge on any atom is -0.420 e. The maximum Gasteiger partial charge on any atom is 0.245 e. The molecule has 8 heteroatoms. The molecule has 2 aromatic rings. The van der Waals surface area contributed by atoms with Gasteiger partial charge < -0.3 is 15.8 Å². The minimum atomic E-state index is -1.35. The van der Waals surface area contributed by atoms with Crippen LogP contribution >= 0.6 is 15.9 Å². The number of rotatable bonds is 0. The molecular formula is C15H10BrN5O2. The summed E-state index contributed by atoms with van der Waals surface area (Å²) in [6.45, 7) is 1.78. The monoisotopic (exact) mass is 371 g/mol. The summed E-state index contributed by atoms with van der Waals surface area (Å²) >= 11 is 3.38. The Kier molecular flexibility index (Phi) is 2.63. The molecule has 2 aliphatic rings. The van der Waals surface area contributed by atoms with Crippen molar-refractivity contribution >= 4 is 27.5 Å². The zero-order valence-corrected chi connectivity index (χ0v) is 13.5. The molecular weight excluding hydrogens is 362 g/mol. The van der Waals surface area contributed by atoms with E-state index in [0.29, 0.717) is 22.5 Å². The van der Waals surface area contributed by atoms with Crippen LogP contribution in [0, 0.1) is 18.3 Å². The van der Waals surface area contributed by atoms with Gasteiger partial charge in [-0.1, -0.05) is 22.0 Å². The lowest BCUT2D eigenvalue weighted by molar-refractivity contribution is -0.118. The summed E-state index contributed by atoms with van der Waals surface area (Å²) in [6, 6.07) is 7.45. The highest BCUT2D eigenvalue weighted by atomic mass is 79.9. The minimum absolute atomic E-state index is 0.0630. The fourth-order valence-corrected chi connectivity index (χ4v) is 3.67. The number of benzene rings is 1. The molecule has 0 unspecified atom stereocenters. The first-order valence-corrected chi connectivity index (χ1v) is 7.54. The topological polar surface area (TPSA) is 117 Å². The van der Waals surface area contributed by atoms with Crippen molar-refractivity contribution in [3.05, 3.63) is 50.9 Å². The lowest BCUT2D eigenvalue weighted by Crippen LogP contribution is -2.42. The van der Waals surface area contributed by atoms with E-state index >= 15 is 0 Å². The van der Waals surface area contributed by atoms with E-state index in [2.05, 4.69) is 31.4 Å². The van der Waals surface area contributed by atoms with E-state index in [4.69, 9.17) is 10.5 Å². The van der Waals surface area contributed by atoms with Crippen LogP contribution in [0.4, 0.5) is 5.69 Å². The smallest absolute Gasteiger partial charge is 0.245 e. The van der Waals surface area contributed by atoms with Crippen molar-refractivity contribution in [1.29, 1.82) is 5.26 Å². The molecule has 0 bridgehead atoms. The number of carbonyl (C=O) groups excluding carboxylic acids is 1. The van der Waals surface area contributed by atoms with Crippen LogP contribution in [0.2, 0.25) is 0 Å². The third-order valence-electron chi connectivity index (χ3n) is 4.20. The number of nitrogens with two attached hydrogens (primary N) is 1. The number of ether oxygens (including phenoxy) is 1. The predicted octanol–water partition coefficient (Wildman–Crippen LogP) is 1.81. The summed E-state index contributed by atoms with van der Waals surface area (Å²) in [5.41, 5.74) is 7.06. The van der Waals surface area contributed by atoms with E-state index in [-0.39, 0.29) is 23.2 Å². The number of aryl methyl sites for hydroxylation is 1. The molecule has 0 saturated carbocycles. The van der Waals surface area contributed by atoms with Crippen molar-refractivity contribution in [1.82, 2.24) is 10.2 Å². The second-order valence-electron chi connectivity index (χ2n) is 5.38. The molecule has 23 heavy (non-hydrogen) atoms. The number of anilines is 1. The number of carbonyl (C=O) groups is 1. The molecule has 4 rings (SSSR count). The van der Waals surface area contributed by atoms with Crippen LogP contribution in [0.5, 0.6) is 5.88 Å². The van der Waals surface area contributed by atoms with Gasteiger partial charge >= 0.3 is 0 Å². The molecule has 3 heterocycles. The van der Waals surface area contributed by atoms with Gasteiger partial charge in [0.15, 0.2) is 0 Å². The first-order valence-electron chi connectivity index (χ1n) is 6.75. The zero-order valence-electron chi connectivity index (χ0n) is 11.9. The molecule has 1 aromatic carbocycles. The maximum absolute atomic E-state index is 13.0. The number of nitrogens with zero attached hydrogens (tertiary/aromatic N) is 2. The number of halogens is 1. The summed E-state index contributed by atoms with van der Waals surface area (Å²) in [5, 5.41) is 19.3. The number of hydrogen-bond acceptors (Lipinski definition) is 5. The Morgan fingerprint density at radius 3 is 3.00 bits per heavy atom. The molecule has 1 aromatic heterocycles. The number of amides is 1. The van der Waals surface area contributed by atoms with E-state index in [1.807, 2.05) is 12.1 Å². The highest BCUT2D eigenvalue weighted by Gasteiger charge is 2.58. The van der Waals surface area contributed by atoms with Crippen molar-refractivity contribution in [2.75, 3.05) is 5.32 Å². The molecule has 7 nitrogen and oxygen atoms in total. The molecule has 1 amide bonds. The summed E-state index contributed by atoms with van der Waals surface area (Å²) in [5.74, 6) is -0.249. The van der Waals surface area contributed by atoms with Crippen LogP contribution in [0.1, 0.15) is 16.8 Å². The number of aromatic nitrogens is 2. The largest absolute Gasteiger partial charge is 0.420 e. The molecule has 0 fully saturated rings. The number of nitrogens with one attached hydrogen (secondary N) is 2. The first kappa shape index (κ1) is 13.8. The Morgan fingerprint density at radius 2 is 2.26 bits per heavy atom. The molecule has 0 saturated heterocycles. The summed E-state index contributed by atoms with van der Waals surface area (Å²) in [4.78, 5) is 13.0. The van der Waals surface area contributed by atoms with E-state index in [0.717, 1.165) is 4.47 Å². The van der Waals surface area contributed by atoms with Crippen LogP contribution in [-0.2, 0) is 10.2 Å². The normalized spacial score (nSPS) is 21.5. The Bertz CT molecular complexity index is 955. The van der Waals surface area contributed by atoms with Gasteiger partial charge in [-0.05, 0) is 19.1 Å². The SMILES string of the molecule is Cc1[nH]nc2c1[C@]1(C(=O)Nc3cc(Br)ccc31)C(C#N)=C(N)O2. The molecule has 114 valence electrons. The van der Waals surface area contributed by atoms with E-state index in [1.54, 1.807) is 19.1 Å². The highest BCUT2D eigenvalue weighted by molar-refractivity contribution is 9.10. The van der Waals surface area contributed by atoms with Gasteiger partial charge in [-0.15, -0.1) is 5.10 Å². The predicted molar refractivity (Wildman–Crippen MR) is 84.3 cm³/mol. The number of hydrogen-bond donors (Lipinski definition) is 3. The van der Waals surface area contributed by atoms with Crippen LogP contribution in [0.25, 0.3) is 0 Å². The molecule has 1 spiro atoms. The molecule has 2 aliphatic heterocycles. The second-order valence-corrected chi connectivity index (χ2v) is 6.29. The third-order valence-corrected chi connectivity index (χ3v) is 4.70. The lowest BCUT2D eigenvalue weighted by atomic mass is 9.69. The van der Waals surface area contributed by atoms with E-state index in [1.165, 1.54) is 0 Å². The van der Waals surface area contributed by atoms with Crippen molar-refractivity contribution in [2.45, 2.75) is 12.3 Å². The van der Waals surface area contributed by atoms with Gasteiger partial charge in [0.05, 0.1) is 5.56 Å². The van der Waals surface area contributed by atoms with Crippen molar-refractivity contribution in [3.8, 4) is 11.9 Å². The average Bonchev–Trinajstić information content (AvgIpc) is 2.99. The van der Waals surface area contributed by atoms with Gasteiger partial charge in [0.1, 0.15) is 17.1 Å². The van der Waals surface area contributed by atoms with Crippen LogP contribution in [-0.4, -0.2) is 16.1 Å². The van der Waals surface area contributed by atoms with E-state index in [9.17, 15) is 10.1 Å². The number of H-pyrrole nitrogens is 1. The summed E-state index contributed by atoms with van der Waals surface area (Å²) in [7, 11) is 0. The number of nitriles is 1. The molecule has 1 atom stereocenters. The van der Waals surface area contributed by atoms with Crippen molar-refractivity contribution < 1.29 is 9.53 Å². The van der Waals surface area contributed by atoms with Gasteiger partial charge in [0, 0.05) is 21.4 Å². The van der Waals surface area contributed by atoms with Gasteiger partial charge in [-0.3, -0.25) is 9.89 Å². The molecule has 4 N–H and O–H groups in total. The van der Waals surface area contributed by atoms with E-state index < -0.39 is 5.41 Å². The number of fused-ring (bicyclic) bond motifs is 4. The van der Waals surface area contributed by atoms with Crippen LogP contribution in [0.15, 0.2) is 34.1 Å². The average molecular weight is 372 g/mol. The molecule has 0 aliphatic carbocycles. The van der Waals surface area contributed by atoms with Gasteiger partial charge in [0.2, 0.25) is 17.7 Å². The Hall–Kier alpha value is -2.79.